The minimum atomic E-state index is -0.0798. The molecular weight excluding hydrogens is 244 g/mol. The van der Waals surface area contributed by atoms with Crippen molar-refractivity contribution >= 4 is 21.8 Å². The van der Waals surface area contributed by atoms with Crippen LogP contribution in [0.5, 0.6) is 0 Å². The van der Waals surface area contributed by atoms with Crippen LogP contribution >= 0.6 is 0 Å². The van der Waals surface area contributed by atoms with Gasteiger partial charge in [-0.05, 0) is 49.9 Å². The van der Waals surface area contributed by atoms with E-state index >= 15 is 0 Å². The number of hydrogen-bond acceptors (Lipinski definition) is 1. The van der Waals surface area contributed by atoms with Crippen molar-refractivity contribution in [3.63, 3.8) is 0 Å². The molecule has 0 amide bonds. The Morgan fingerprint density at radius 1 is 1.05 bits per heavy atom. The van der Waals surface area contributed by atoms with Crippen LogP contribution in [0, 0.1) is 0 Å². The Morgan fingerprint density at radius 3 is 2.50 bits per heavy atom. The molecule has 4 rings (SSSR count). The fraction of sp³-hybridized carbons (Fsp3) is 0.333. The molecule has 102 valence electrons. The third-order valence-electron chi connectivity index (χ3n) is 4.91. The largest absolute Gasteiger partial charge is 0.341 e. The van der Waals surface area contributed by atoms with Gasteiger partial charge in [0.1, 0.15) is 0 Å². The number of para-hydroxylation sites is 1. The topological polar surface area (TPSA) is 30.9 Å². The van der Waals surface area contributed by atoms with Gasteiger partial charge in [0.15, 0.2) is 0 Å². The molecule has 1 heterocycles. The van der Waals surface area contributed by atoms with Crippen LogP contribution in [0.25, 0.3) is 21.8 Å². The van der Waals surface area contributed by atoms with E-state index in [9.17, 15) is 0 Å². The van der Waals surface area contributed by atoms with Crippen LogP contribution in [-0.4, -0.2) is 4.57 Å². The highest BCUT2D eigenvalue weighted by atomic mass is 15.0. The highest BCUT2D eigenvalue weighted by Crippen LogP contribution is 2.40. The molecule has 1 fully saturated rings. The van der Waals surface area contributed by atoms with Crippen molar-refractivity contribution in [2.24, 2.45) is 5.73 Å². The second kappa shape index (κ2) is 4.10. The zero-order valence-corrected chi connectivity index (χ0v) is 11.9. The normalized spacial score (nSPS) is 17.5. The van der Waals surface area contributed by atoms with E-state index in [0.29, 0.717) is 0 Å². The number of hydrogen-bond donors (Lipinski definition) is 1. The highest BCUT2D eigenvalue weighted by molar-refractivity contribution is 6.08. The van der Waals surface area contributed by atoms with E-state index in [1.807, 2.05) is 0 Å². The minimum absolute atomic E-state index is 0.0798. The van der Waals surface area contributed by atoms with E-state index in [1.165, 1.54) is 33.8 Å². The van der Waals surface area contributed by atoms with Crippen molar-refractivity contribution in [3.05, 3.63) is 48.0 Å². The Bertz CT molecular complexity index is 794. The molecule has 0 radical (unpaired) electrons. The quantitative estimate of drug-likeness (QED) is 0.740. The average Bonchev–Trinajstić information content (AvgIpc) is 2.78. The van der Waals surface area contributed by atoms with Gasteiger partial charge < -0.3 is 10.3 Å². The summed E-state index contributed by atoms with van der Waals surface area (Å²) < 4.78 is 2.39. The van der Waals surface area contributed by atoms with Gasteiger partial charge in [0, 0.05) is 33.9 Å². The van der Waals surface area contributed by atoms with Crippen molar-refractivity contribution < 1.29 is 0 Å². The Morgan fingerprint density at radius 2 is 1.80 bits per heavy atom. The highest BCUT2D eigenvalue weighted by Gasteiger charge is 2.34. The summed E-state index contributed by atoms with van der Waals surface area (Å²) in [7, 11) is 0. The molecule has 2 aromatic carbocycles. The molecule has 2 N–H and O–H groups in total. The first-order chi connectivity index (χ1) is 9.73. The second-order valence-corrected chi connectivity index (χ2v) is 6.00. The predicted molar refractivity (Wildman–Crippen MR) is 84.8 cm³/mol. The zero-order valence-electron chi connectivity index (χ0n) is 11.9. The number of fused-ring (bicyclic) bond motifs is 3. The van der Waals surface area contributed by atoms with Crippen LogP contribution in [-0.2, 0) is 12.1 Å². The van der Waals surface area contributed by atoms with Gasteiger partial charge in [-0.25, -0.2) is 0 Å². The lowest BCUT2D eigenvalue weighted by Gasteiger charge is -2.38. The van der Waals surface area contributed by atoms with Crippen LogP contribution in [0.2, 0.25) is 0 Å². The van der Waals surface area contributed by atoms with Gasteiger partial charge in [-0.1, -0.05) is 24.3 Å². The molecule has 0 saturated heterocycles. The Hall–Kier alpha value is -1.80. The van der Waals surface area contributed by atoms with E-state index in [0.717, 1.165) is 19.4 Å². The van der Waals surface area contributed by atoms with Crippen molar-refractivity contribution in [2.75, 3.05) is 0 Å². The third kappa shape index (κ3) is 1.49. The fourth-order valence-corrected chi connectivity index (χ4v) is 3.55. The molecule has 0 bridgehead atoms. The molecule has 0 unspecified atom stereocenters. The van der Waals surface area contributed by atoms with Gasteiger partial charge in [-0.15, -0.1) is 0 Å². The molecule has 1 aliphatic carbocycles. The Labute approximate surface area is 119 Å². The lowest BCUT2D eigenvalue weighted by atomic mass is 9.72. The number of aromatic nitrogens is 1. The van der Waals surface area contributed by atoms with Crippen molar-refractivity contribution in [1.82, 2.24) is 4.57 Å². The SMILES string of the molecule is CCn1c2ccccc2c2cc(C3(N)CCC3)ccc21. The molecule has 0 atom stereocenters. The Kier molecular flexibility index (Phi) is 2.45. The maximum atomic E-state index is 6.49. The number of aryl methyl sites for hydroxylation is 1. The van der Waals surface area contributed by atoms with Gasteiger partial charge >= 0.3 is 0 Å². The number of benzene rings is 2. The molecule has 1 aromatic heterocycles. The second-order valence-electron chi connectivity index (χ2n) is 6.00. The summed E-state index contributed by atoms with van der Waals surface area (Å²) in [6, 6.07) is 15.5. The Balaban J connectivity index is 2.04. The van der Waals surface area contributed by atoms with Crippen molar-refractivity contribution in [3.8, 4) is 0 Å². The maximum Gasteiger partial charge on any atom is 0.0491 e. The van der Waals surface area contributed by atoms with E-state index in [-0.39, 0.29) is 5.54 Å². The molecule has 2 heteroatoms. The standard InChI is InChI=1S/C18H20N2/c1-2-20-16-7-4-3-6-14(16)15-12-13(8-9-17(15)20)18(19)10-5-11-18/h3-4,6-9,12H,2,5,10-11,19H2,1H3. The first-order valence-electron chi connectivity index (χ1n) is 7.53. The molecule has 2 nitrogen and oxygen atoms in total. The molecular formula is C18H20N2. The van der Waals surface area contributed by atoms with E-state index in [2.05, 4.69) is 54.0 Å². The maximum absolute atomic E-state index is 6.49. The summed E-state index contributed by atoms with van der Waals surface area (Å²) >= 11 is 0. The average molecular weight is 264 g/mol. The van der Waals surface area contributed by atoms with E-state index in [1.54, 1.807) is 0 Å². The first-order valence-corrected chi connectivity index (χ1v) is 7.53. The molecule has 0 aliphatic heterocycles. The van der Waals surface area contributed by atoms with Gasteiger partial charge in [0.25, 0.3) is 0 Å². The number of nitrogens with two attached hydrogens (primary N) is 1. The zero-order chi connectivity index (χ0) is 13.7. The van der Waals surface area contributed by atoms with E-state index in [4.69, 9.17) is 5.73 Å². The molecule has 0 spiro atoms. The molecule has 1 saturated carbocycles. The molecule has 3 aromatic rings. The lowest BCUT2D eigenvalue weighted by Crippen LogP contribution is -2.43. The lowest BCUT2D eigenvalue weighted by molar-refractivity contribution is 0.254. The van der Waals surface area contributed by atoms with E-state index < -0.39 is 0 Å². The fourth-order valence-electron chi connectivity index (χ4n) is 3.55. The molecule has 20 heavy (non-hydrogen) atoms. The van der Waals surface area contributed by atoms with Crippen LogP contribution in [0.15, 0.2) is 42.5 Å². The van der Waals surface area contributed by atoms with Gasteiger partial charge in [0.05, 0.1) is 0 Å². The number of nitrogens with zero attached hydrogens (tertiary/aromatic N) is 1. The third-order valence-corrected chi connectivity index (χ3v) is 4.91. The summed E-state index contributed by atoms with van der Waals surface area (Å²) in [4.78, 5) is 0. The van der Waals surface area contributed by atoms with Crippen LogP contribution in [0.4, 0.5) is 0 Å². The smallest absolute Gasteiger partial charge is 0.0491 e. The van der Waals surface area contributed by atoms with Crippen molar-refractivity contribution in [2.45, 2.75) is 38.3 Å². The van der Waals surface area contributed by atoms with Crippen LogP contribution in [0.3, 0.4) is 0 Å². The summed E-state index contributed by atoms with van der Waals surface area (Å²) in [6.07, 6.45) is 3.49. The van der Waals surface area contributed by atoms with Gasteiger partial charge in [0.2, 0.25) is 0 Å². The summed E-state index contributed by atoms with van der Waals surface area (Å²) in [5.41, 5.74) is 10.4. The summed E-state index contributed by atoms with van der Waals surface area (Å²) in [5, 5.41) is 2.69. The monoisotopic (exact) mass is 264 g/mol. The van der Waals surface area contributed by atoms with Gasteiger partial charge in [-0.3, -0.25) is 0 Å². The van der Waals surface area contributed by atoms with Crippen LogP contribution < -0.4 is 5.73 Å². The minimum Gasteiger partial charge on any atom is -0.341 e. The van der Waals surface area contributed by atoms with Crippen molar-refractivity contribution in [1.29, 1.82) is 0 Å². The molecule has 1 aliphatic rings. The summed E-state index contributed by atoms with van der Waals surface area (Å²) in [6.45, 7) is 3.20. The summed E-state index contributed by atoms with van der Waals surface area (Å²) in [5.74, 6) is 0. The van der Waals surface area contributed by atoms with Gasteiger partial charge in [-0.2, -0.15) is 0 Å². The van der Waals surface area contributed by atoms with Crippen LogP contribution in [0.1, 0.15) is 31.7 Å². The number of rotatable bonds is 2. The predicted octanol–water partition coefficient (Wildman–Crippen LogP) is 4.15. The first kappa shape index (κ1) is 12.0.